The molecular formula is C19H18N2O4. The van der Waals surface area contributed by atoms with E-state index in [2.05, 4.69) is 0 Å². The number of imidazole rings is 1. The number of fused-ring (bicyclic) bond motifs is 1. The van der Waals surface area contributed by atoms with Crippen molar-refractivity contribution in [2.24, 2.45) is 7.05 Å². The number of hydrogen-bond acceptors (Lipinski definition) is 4. The summed E-state index contributed by atoms with van der Waals surface area (Å²) in [4.78, 5) is 24.9. The average molecular weight is 338 g/mol. The zero-order valence-corrected chi connectivity index (χ0v) is 14.2. The molecular weight excluding hydrogens is 320 g/mol. The summed E-state index contributed by atoms with van der Waals surface area (Å²) < 4.78 is 13.0. The second-order valence-corrected chi connectivity index (χ2v) is 5.45. The molecule has 6 nitrogen and oxygen atoms in total. The Labute approximate surface area is 144 Å². The van der Waals surface area contributed by atoms with Crippen LogP contribution in [0.25, 0.3) is 17.1 Å². The van der Waals surface area contributed by atoms with Crippen molar-refractivity contribution in [3.05, 3.63) is 64.6 Å². The zero-order chi connectivity index (χ0) is 18.0. The van der Waals surface area contributed by atoms with E-state index in [0.29, 0.717) is 22.5 Å². The van der Waals surface area contributed by atoms with Crippen LogP contribution in [0.4, 0.5) is 0 Å². The Kier molecular flexibility index (Phi) is 4.43. The van der Waals surface area contributed by atoms with E-state index in [4.69, 9.17) is 9.47 Å². The Morgan fingerprint density at radius 3 is 2.36 bits per heavy atom. The second-order valence-electron chi connectivity index (χ2n) is 5.45. The summed E-state index contributed by atoms with van der Waals surface area (Å²) in [5.41, 5.74) is 1.68. The van der Waals surface area contributed by atoms with Gasteiger partial charge in [0.25, 0.3) is 5.91 Å². The van der Waals surface area contributed by atoms with Crippen LogP contribution >= 0.6 is 0 Å². The van der Waals surface area contributed by atoms with E-state index in [1.165, 1.54) is 10.6 Å². The topological polar surface area (TPSA) is 62.5 Å². The highest BCUT2D eigenvalue weighted by molar-refractivity contribution is 5.99. The largest absolute Gasteiger partial charge is 0.493 e. The Hall–Kier alpha value is -3.28. The lowest BCUT2D eigenvalue weighted by molar-refractivity contribution is 0.0970. The molecule has 1 heterocycles. The van der Waals surface area contributed by atoms with Crippen LogP contribution in [0.1, 0.15) is 10.4 Å². The van der Waals surface area contributed by atoms with Crippen LogP contribution < -0.4 is 15.2 Å². The molecule has 0 unspecified atom stereocenters. The maximum Gasteiger partial charge on any atom is 0.335 e. The number of rotatable bonds is 4. The monoisotopic (exact) mass is 338 g/mol. The lowest BCUT2D eigenvalue weighted by atomic mass is 10.2. The highest BCUT2D eigenvalue weighted by Gasteiger charge is 2.14. The zero-order valence-electron chi connectivity index (χ0n) is 14.2. The smallest absolute Gasteiger partial charge is 0.335 e. The molecule has 128 valence electrons. The van der Waals surface area contributed by atoms with Gasteiger partial charge in [-0.05, 0) is 35.9 Å². The fourth-order valence-corrected chi connectivity index (χ4v) is 2.70. The van der Waals surface area contributed by atoms with Gasteiger partial charge in [-0.3, -0.25) is 9.36 Å². The summed E-state index contributed by atoms with van der Waals surface area (Å²) in [6, 6.07) is 12.5. The molecule has 0 saturated heterocycles. The number of hydrogen-bond donors (Lipinski definition) is 0. The van der Waals surface area contributed by atoms with E-state index in [0.717, 1.165) is 10.1 Å². The van der Waals surface area contributed by atoms with E-state index in [1.807, 2.05) is 6.07 Å². The summed E-state index contributed by atoms with van der Waals surface area (Å²) >= 11 is 0. The van der Waals surface area contributed by atoms with Gasteiger partial charge in [-0.25, -0.2) is 9.36 Å². The highest BCUT2D eigenvalue weighted by Crippen LogP contribution is 2.28. The summed E-state index contributed by atoms with van der Waals surface area (Å²) in [6.07, 6.45) is 3.01. The predicted octanol–water partition coefficient (Wildman–Crippen LogP) is 2.71. The van der Waals surface area contributed by atoms with Crippen LogP contribution in [0, 0.1) is 0 Å². The molecule has 0 N–H and O–H groups in total. The molecule has 0 atom stereocenters. The lowest BCUT2D eigenvalue weighted by Crippen LogP contribution is -2.26. The van der Waals surface area contributed by atoms with Crippen molar-refractivity contribution in [2.45, 2.75) is 0 Å². The Balaban J connectivity index is 1.97. The van der Waals surface area contributed by atoms with Gasteiger partial charge in [0, 0.05) is 13.1 Å². The summed E-state index contributed by atoms with van der Waals surface area (Å²) in [5.74, 6) is 0.771. The molecule has 0 bridgehead atoms. The standard InChI is InChI=1S/C19H18N2O4/c1-20-14-6-4-5-7-15(14)21(19(20)23)18(22)11-9-13-8-10-16(24-2)17(12-13)25-3/h4-12H,1-3H3/b11-9+. The van der Waals surface area contributed by atoms with Gasteiger partial charge in [-0.2, -0.15) is 0 Å². The number of nitrogens with zero attached hydrogens (tertiary/aromatic N) is 2. The fraction of sp³-hybridized carbons (Fsp3) is 0.158. The van der Waals surface area contributed by atoms with E-state index in [1.54, 1.807) is 63.7 Å². The average Bonchev–Trinajstić information content (AvgIpc) is 2.90. The number of aromatic nitrogens is 2. The molecule has 0 aliphatic rings. The van der Waals surface area contributed by atoms with Gasteiger partial charge < -0.3 is 9.47 Å². The SMILES string of the molecule is COc1ccc(/C=C/C(=O)n2c(=O)n(C)c3ccccc32)cc1OC. The van der Waals surface area contributed by atoms with Gasteiger partial charge in [0.05, 0.1) is 25.3 Å². The number of methoxy groups -OCH3 is 2. The predicted molar refractivity (Wildman–Crippen MR) is 96.4 cm³/mol. The van der Waals surface area contributed by atoms with Crippen molar-refractivity contribution in [3.8, 4) is 11.5 Å². The molecule has 0 amide bonds. The third-order valence-corrected chi connectivity index (χ3v) is 4.01. The summed E-state index contributed by atoms with van der Waals surface area (Å²) in [7, 11) is 4.75. The fourth-order valence-electron chi connectivity index (χ4n) is 2.70. The van der Waals surface area contributed by atoms with Crippen molar-refractivity contribution in [1.82, 2.24) is 9.13 Å². The molecule has 0 spiro atoms. The third-order valence-electron chi connectivity index (χ3n) is 4.01. The van der Waals surface area contributed by atoms with Crippen molar-refractivity contribution in [1.29, 1.82) is 0 Å². The van der Waals surface area contributed by atoms with E-state index >= 15 is 0 Å². The highest BCUT2D eigenvalue weighted by atomic mass is 16.5. The summed E-state index contributed by atoms with van der Waals surface area (Å²) in [6.45, 7) is 0. The number of allylic oxidation sites excluding steroid dienone is 1. The first kappa shape index (κ1) is 16.6. The number of ether oxygens (including phenoxy) is 2. The molecule has 2 aromatic carbocycles. The van der Waals surface area contributed by atoms with Gasteiger partial charge in [-0.1, -0.05) is 18.2 Å². The van der Waals surface area contributed by atoms with Crippen LogP contribution in [0.15, 0.2) is 53.3 Å². The Bertz CT molecular complexity index is 1030. The number of carbonyl (C=O) groups excluding carboxylic acids is 1. The van der Waals surface area contributed by atoms with Crippen molar-refractivity contribution < 1.29 is 14.3 Å². The number of carbonyl (C=O) groups is 1. The van der Waals surface area contributed by atoms with Crippen LogP contribution in [0.5, 0.6) is 11.5 Å². The molecule has 0 aliphatic heterocycles. The molecule has 3 aromatic rings. The van der Waals surface area contributed by atoms with E-state index in [-0.39, 0.29) is 5.69 Å². The molecule has 0 radical (unpaired) electrons. The van der Waals surface area contributed by atoms with Gasteiger partial charge in [0.2, 0.25) is 0 Å². The van der Waals surface area contributed by atoms with Crippen molar-refractivity contribution in [2.75, 3.05) is 14.2 Å². The number of aryl methyl sites for hydroxylation is 1. The molecule has 0 aliphatic carbocycles. The quantitative estimate of drug-likeness (QED) is 0.686. The van der Waals surface area contributed by atoms with E-state index < -0.39 is 5.91 Å². The number of benzene rings is 2. The van der Waals surface area contributed by atoms with Crippen molar-refractivity contribution in [3.63, 3.8) is 0 Å². The minimum absolute atomic E-state index is 0.372. The first-order chi connectivity index (χ1) is 12.1. The minimum atomic E-state index is -0.406. The molecule has 0 saturated carbocycles. The van der Waals surface area contributed by atoms with Gasteiger partial charge in [-0.15, -0.1) is 0 Å². The molecule has 1 aromatic heterocycles. The molecule has 6 heteroatoms. The second kappa shape index (κ2) is 6.68. The van der Waals surface area contributed by atoms with Gasteiger partial charge in [0.15, 0.2) is 11.5 Å². The van der Waals surface area contributed by atoms with Crippen LogP contribution in [0.2, 0.25) is 0 Å². The van der Waals surface area contributed by atoms with Crippen LogP contribution in [-0.4, -0.2) is 29.3 Å². The maximum atomic E-state index is 12.6. The first-order valence-electron chi connectivity index (χ1n) is 7.67. The Morgan fingerprint density at radius 1 is 1.00 bits per heavy atom. The number of para-hydroxylation sites is 2. The molecule has 0 fully saturated rings. The van der Waals surface area contributed by atoms with E-state index in [9.17, 15) is 9.59 Å². The normalized spacial score (nSPS) is 11.2. The third kappa shape index (κ3) is 2.94. The maximum absolute atomic E-state index is 12.6. The van der Waals surface area contributed by atoms with Gasteiger partial charge >= 0.3 is 5.69 Å². The first-order valence-corrected chi connectivity index (χ1v) is 7.67. The Morgan fingerprint density at radius 2 is 1.68 bits per heavy atom. The lowest BCUT2D eigenvalue weighted by Gasteiger charge is -2.07. The molecule has 25 heavy (non-hydrogen) atoms. The molecule has 3 rings (SSSR count). The van der Waals surface area contributed by atoms with Crippen molar-refractivity contribution >= 4 is 23.0 Å². The van der Waals surface area contributed by atoms with Crippen LogP contribution in [-0.2, 0) is 7.05 Å². The van der Waals surface area contributed by atoms with Gasteiger partial charge in [0.1, 0.15) is 0 Å². The minimum Gasteiger partial charge on any atom is -0.493 e. The van der Waals surface area contributed by atoms with Crippen LogP contribution in [0.3, 0.4) is 0 Å². The summed E-state index contributed by atoms with van der Waals surface area (Å²) in [5, 5.41) is 0.